The molecule has 1 N–H and O–H groups in total. The number of ketones is 1. The molecule has 1 heterocycles. The highest BCUT2D eigenvalue weighted by atomic mass is 32.1. The van der Waals surface area contributed by atoms with E-state index in [4.69, 9.17) is 0 Å². The number of rotatable bonds is 4. The first kappa shape index (κ1) is 13.2. The van der Waals surface area contributed by atoms with Crippen molar-refractivity contribution in [1.29, 1.82) is 0 Å². The standard InChI is InChI=1S/C14H12N2O2S/c1-10(17)12-9-15-14(19-12)16-13(18)8-7-11-5-3-2-4-6-11/h2-9H,1H3,(H,15,16,18)/b8-7+. The number of amides is 1. The van der Waals surface area contributed by atoms with Crippen LogP contribution >= 0.6 is 11.3 Å². The summed E-state index contributed by atoms with van der Waals surface area (Å²) in [7, 11) is 0. The molecule has 0 saturated carbocycles. The summed E-state index contributed by atoms with van der Waals surface area (Å²) >= 11 is 1.16. The van der Waals surface area contributed by atoms with Crippen molar-refractivity contribution in [3.8, 4) is 0 Å². The third kappa shape index (κ3) is 3.86. The van der Waals surface area contributed by atoms with Crippen LogP contribution in [0.5, 0.6) is 0 Å². The number of anilines is 1. The lowest BCUT2D eigenvalue weighted by atomic mass is 10.2. The van der Waals surface area contributed by atoms with E-state index >= 15 is 0 Å². The van der Waals surface area contributed by atoms with Gasteiger partial charge in [0.05, 0.1) is 11.1 Å². The van der Waals surface area contributed by atoms with E-state index in [0.717, 1.165) is 16.9 Å². The summed E-state index contributed by atoms with van der Waals surface area (Å²) in [5, 5.41) is 3.04. The average molecular weight is 272 g/mol. The van der Waals surface area contributed by atoms with Gasteiger partial charge in [0.25, 0.3) is 0 Å². The smallest absolute Gasteiger partial charge is 0.250 e. The first-order valence-corrected chi connectivity index (χ1v) is 6.47. The summed E-state index contributed by atoms with van der Waals surface area (Å²) in [6, 6.07) is 9.52. The van der Waals surface area contributed by atoms with Gasteiger partial charge >= 0.3 is 0 Å². The molecular formula is C14H12N2O2S. The predicted molar refractivity (Wildman–Crippen MR) is 76.2 cm³/mol. The molecule has 4 nitrogen and oxygen atoms in total. The van der Waals surface area contributed by atoms with Crippen LogP contribution in [0.2, 0.25) is 0 Å². The van der Waals surface area contributed by atoms with Crippen LogP contribution in [0.4, 0.5) is 5.13 Å². The summed E-state index contributed by atoms with van der Waals surface area (Å²) in [6.07, 6.45) is 4.61. The Hall–Kier alpha value is -2.27. The minimum absolute atomic E-state index is 0.0576. The number of aromatic nitrogens is 1. The molecular weight excluding hydrogens is 260 g/mol. The fourth-order valence-corrected chi connectivity index (χ4v) is 2.09. The van der Waals surface area contributed by atoms with Gasteiger partial charge in [0, 0.05) is 13.0 Å². The van der Waals surface area contributed by atoms with Crippen LogP contribution in [0, 0.1) is 0 Å². The van der Waals surface area contributed by atoms with Crippen molar-refractivity contribution < 1.29 is 9.59 Å². The van der Waals surface area contributed by atoms with Gasteiger partial charge < -0.3 is 0 Å². The van der Waals surface area contributed by atoms with Gasteiger partial charge in [0.1, 0.15) is 0 Å². The van der Waals surface area contributed by atoms with E-state index in [1.165, 1.54) is 19.2 Å². The van der Waals surface area contributed by atoms with Crippen molar-refractivity contribution in [3.05, 3.63) is 53.0 Å². The fourth-order valence-electron chi connectivity index (χ4n) is 1.38. The van der Waals surface area contributed by atoms with Crippen molar-refractivity contribution in [2.75, 3.05) is 5.32 Å². The number of nitrogens with zero attached hydrogens (tertiary/aromatic N) is 1. The Balaban J connectivity index is 1.97. The SMILES string of the molecule is CC(=O)c1cnc(NC(=O)/C=C/c2ccccc2)s1. The summed E-state index contributed by atoms with van der Waals surface area (Å²) < 4.78 is 0. The van der Waals surface area contributed by atoms with E-state index in [1.54, 1.807) is 6.08 Å². The minimum Gasteiger partial charge on any atom is -0.298 e. The summed E-state index contributed by atoms with van der Waals surface area (Å²) in [6.45, 7) is 1.47. The summed E-state index contributed by atoms with van der Waals surface area (Å²) in [5.74, 6) is -0.328. The molecule has 0 unspecified atom stereocenters. The Kier molecular flexibility index (Phi) is 4.20. The number of hydrogen-bond donors (Lipinski definition) is 1. The number of carbonyl (C=O) groups is 2. The van der Waals surface area contributed by atoms with E-state index in [-0.39, 0.29) is 11.7 Å². The molecule has 1 aromatic heterocycles. The Labute approximate surface area is 114 Å². The molecule has 96 valence electrons. The lowest BCUT2D eigenvalue weighted by Crippen LogP contribution is -2.07. The van der Waals surface area contributed by atoms with E-state index in [0.29, 0.717) is 10.0 Å². The van der Waals surface area contributed by atoms with Crippen LogP contribution in [0.25, 0.3) is 6.08 Å². The number of hydrogen-bond acceptors (Lipinski definition) is 4. The molecule has 2 aromatic rings. The van der Waals surface area contributed by atoms with E-state index < -0.39 is 0 Å². The Morgan fingerprint density at radius 2 is 2.00 bits per heavy atom. The molecule has 0 spiro atoms. The second-order valence-electron chi connectivity index (χ2n) is 3.82. The van der Waals surface area contributed by atoms with Crippen LogP contribution in [-0.2, 0) is 4.79 Å². The van der Waals surface area contributed by atoms with Crippen molar-refractivity contribution in [1.82, 2.24) is 4.98 Å². The van der Waals surface area contributed by atoms with Crippen LogP contribution in [0.1, 0.15) is 22.2 Å². The van der Waals surface area contributed by atoms with Crippen LogP contribution < -0.4 is 5.32 Å². The van der Waals surface area contributed by atoms with Gasteiger partial charge in [-0.3, -0.25) is 14.9 Å². The molecule has 2 rings (SSSR count). The largest absolute Gasteiger partial charge is 0.298 e. The van der Waals surface area contributed by atoms with Gasteiger partial charge in [-0.2, -0.15) is 0 Å². The maximum Gasteiger partial charge on any atom is 0.250 e. The molecule has 19 heavy (non-hydrogen) atoms. The average Bonchev–Trinajstić information content (AvgIpc) is 2.86. The van der Waals surface area contributed by atoms with Crippen molar-refractivity contribution in [2.45, 2.75) is 6.92 Å². The molecule has 5 heteroatoms. The van der Waals surface area contributed by atoms with E-state index in [1.807, 2.05) is 30.3 Å². The first-order chi connectivity index (χ1) is 9.15. The zero-order valence-electron chi connectivity index (χ0n) is 10.3. The Bertz CT molecular complexity index is 617. The second kappa shape index (κ2) is 6.06. The third-order valence-corrected chi connectivity index (χ3v) is 3.32. The third-order valence-electron chi connectivity index (χ3n) is 2.31. The van der Waals surface area contributed by atoms with Crippen molar-refractivity contribution in [3.63, 3.8) is 0 Å². The van der Waals surface area contributed by atoms with E-state index in [9.17, 15) is 9.59 Å². The monoisotopic (exact) mass is 272 g/mol. The molecule has 0 saturated heterocycles. The van der Waals surface area contributed by atoms with Gasteiger partial charge in [0.2, 0.25) is 5.91 Å². The molecule has 0 atom stereocenters. The number of thiazole rings is 1. The van der Waals surface area contributed by atoms with Crippen LogP contribution in [0.15, 0.2) is 42.6 Å². The summed E-state index contributed by atoms with van der Waals surface area (Å²) in [5.41, 5.74) is 0.946. The van der Waals surface area contributed by atoms with Crippen LogP contribution in [-0.4, -0.2) is 16.7 Å². The Morgan fingerprint density at radius 1 is 1.26 bits per heavy atom. The molecule has 0 aliphatic carbocycles. The molecule has 0 aliphatic rings. The second-order valence-corrected chi connectivity index (χ2v) is 4.85. The normalized spacial score (nSPS) is 10.6. The van der Waals surface area contributed by atoms with Gasteiger partial charge in [0.15, 0.2) is 10.9 Å². The van der Waals surface area contributed by atoms with Gasteiger partial charge in [-0.25, -0.2) is 4.98 Å². The number of Topliss-reactive ketones (excluding diaryl/α,β-unsaturated/α-hetero) is 1. The highest BCUT2D eigenvalue weighted by Gasteiger charge is 2.07. The first-order valence-electron chi connectivity index (χ1n) is 5.66. The maximum atomic E-state index is 11.6. The maximum absolute atomic E-state index is 11.6. The number of nitrogens with one attached hydrogen (secondary N) is 1. The molecule has 1 amide bonds. The molecule has 0 bridgehead atoms. The lowest BCUT2D eigenvalue weighted by Gasteiger charge is -1.95. The molecule has 1 aromatic carbocycles. The van der Waals surface area contributed by atoms with Crippen molar-refractivity contribution >= 4 is 34.2 Å². The van der Waals surface area contributed by atoms with E-state index in [2.05, 4.69) is 10.3 Å². The topological polar surface area (TPSA) is 59.1 Å². The van der Waals surface area contributed by atoms with Crippen molar-refractivity contribution in [2.24, 2.45) is 0 Å². The van der Waals surface area contributed by atoms with Gasteiger partial charge in [-0.15, -0.1) is 0 Å². The zero-order valence-corrected chi connectivity index (χ0v) is 11.1. The lowest BCUT2D eigenvalue weighted by molar-refractivity contribution is -0.111. The molecule has 0 radical (unpaired) electrons. The van der Waals surface area contributed by atoms with Gasteiger partial charge in [-0.1, -0.05) is 41.7 Å². The number of carbonyl (C=O) groups excluding carboxylic acids is 2. The number of benzene rings is 1. The Morgan fingerprint density at radius 3 is 2.63 bits per heavy atom. The highest BCUT2D eigenvalue weighted by Crippen LogP contribution is 2.18. The zero-order chi connectivity index (χ0) is 13.7. The molecule has 0 aliphatic heterocycles. The predicted octanol–water partition coefficient (Wildman–Crippen LogP) is 3.00. The fraction of sp³-hybridized carbons (Fsp3) is 0.0714. The van der Waals surface area contributed by atoms with Gasteiger partial charge in [-0.05, 0) is 11.6 Å². The highest BCUT2D eigenvalue weighted by molar-refractivity contribution is 7.17. The molecule has 0 fully saturated rings. The minimum atomic E-state index is -0.270. The summed E-state index contributed by atoms with van der Waals surface area (Å²) in [4.78, 5) is 27.2. The van der Waals surface area contributed by atoms with Crippen LogP contribution in [0.3, 0.4) is 0 Å². The quantitative estimate of drug-likeness (QED) is 0.687.